The standard InChI is InChI=1S/C18H20N2O3S/c1-14-16(18(21)20-12-5-6-13-20)10-7-11-17(14)19-24(22,23)15-8-3-2-4-9-15/h2-4,7-11,19H,5-6,12-13H2,1H3. The van der Waals surface area contributed by atoms with Crippen molar-refractivity contribution in [1.82, 2.24) is 4.90 Å². The molecular formula is C18H20N2O3S. The summed E-state index contributed by atoms with van der Waals surface area (Å²) in [5.74, 6) is -0.0363. The van der Waals surface area contributed by atoms with Gasteiger partial charge >= 0.3 is 0 Å². The van der Waals surface area contributed by atoms with Crippen molar-refractivity contribution >= 4 is 21.6 Å². The van der Waals surface area contributed by atoms with E-state index in [1.54, 1.807) is 43.3 Å². The van der Waals surface area contributed by atoms with E-state index in [4.69, 9.17) is 0 Å². The van der Waals surface area contributed by atoms with Crippen molar-refractivity contribution in [3.05, 3.63) is 59.7 Å². The van der Waals surface area contributed by atoms with E-state index in [-0.39, 0.29) is 10.8 Å². The molecule has 0 saturated carbocycles. The monoisotopic (exact) mass is 344 g/mol. The summed E-state index contributed by atoms with van der Waals surface area (Å²) in [6.45, 7) is 3.29. The minimum atomic E-state index is -3.67. The second kappa shape index (κ2) is 6.65. The molecule has 2 aromatic rings. The Bertz CT molecular complexity index is 842. The van der Waals surface area contributed by atoms with E-state index in [0.29, 0.717) is 16.8 Å². The first kappa shape index (κ1) is 16.5. The Morgan fingerprint density at radius 3 is 2.33 bits per heavy atom. The molecular weight excluding hydrogens is 324 g/mol. The topological polar surface area (TPSA) is 66.5 Å². The van der Waals surface area contributed by atoms with Gasteiger partial charge in [0.2, 0.25) is 0 Å². The number of nitrogens with zero attached hydrogens (tertiary/aromatic N) is 1. The number of likely N-dealkylation sites (tertiary alicyclic amines) is 1. The smallest absolute Gasteiger partial charge is 0.261 e. The predicted octanol–water partition coefficient (Wildman–Crippen LogP) is 3.03. The van der Waals surface area contributed by atoms with Gasteiger partial charge in [0, 0.05) is 18.7 Å². The lowest BCUT2D eigenvalue weighted by Gasteiger charge is -2.18. The summed E-state index contributed by atoms with van der Waals surface area (Å²) in [6, 6.07) is 13.3. The minimum Gasteiger partial charge on any atom is -0.339 e. The van der Waals surface area contributed by atoms with E-state index in [0.717, 1.165) is 25.9 Å². The Kier molecular flexibility index (Phi) is 4.57. The molecule has 126 valence electrons. The molecule has 1 heterocycles. The molecule has 1 amide bonds. The van der Waals surface area contributed by atoms with Gasteiger partial charge in [-0.25, -0.2) is 8.42 Å². The molecule has 0 atom stereocenters. The molecule has 6 heteroatoms. The van der Waals surface area contributed by atoms with Gasteiger partial charge < -0.3 is 4.90 Å². The molecule has 1 fully saturated rings. The average Bonchev–Trinajstić information content (AvgIpc) is 3.11. The number of hydrogen-bond donors (Lipinski definition) is 1. The highest BCUT2D eigenvalue weighted by molar-refractivity contribution is 7.92. The van der Waals surface area contributed by atoms with E-state index in [9.17, 15) is 13.2 Å². The zero-order chi connectivity index (χ0) is 17.2. The van der Waals surface area contributed by atoms with Crippen LogP contribution in [-0.2, 0) is 10.0 Å². The van der Waals surface area contributed by atoms with Crippen LogP contribution < -0.4 is 4.72 Å². The van der Waals surface area contributed by atoms with Crippen LogP contribution in [-0.4, -0.2) is 32.3 Å². The lowest BCUT2D eigenvalue weighted by molar-refractivity contribution is 0.0792. The Balaban J connectivity index is 1.90. The Labute approximate surface area is 142 Å². The zero-order valence-electron chi connectivity index (χ0n) is 13.5. The largest absolute Gasteiger partial charge is 0.339 e. The fraction of sp³-hybridized carbons (Fsp3) is 0.278. The number of benzene rings is 2. The maximum absolute atomic E-state index is 12.6. The molecule has 2 aromatic carbocycles. The van der Waals surface area contributed by atoms with Gasteiger partial charge in [0.15, 0.2) is 0 Å². The molecule has 0 aromatic heterocycles. The lowest BCUT2D eigenvalue weighted by Crippen LogP contribution is -2.28. The van der Waals surface area contributed by atoms with E-state index in [2.05, 4.69) is 4.72 Å². The van der Waals surface area contributed by atoms with Crippen molar-refractivity contribution in [2.24, 2.45) is 0 Å². The van der Waals surface area contributed by atoms with E-state index >= 15 is 0 Å². The molecule has 1 aliphatic heterocycles. The highest BCUT2D eigenvalue weighted by Crippen LogP contribution is 2.24. The molecule has 5 nitrogen and oxygen atoms in total. The number of amides is 1. The Morgan fingerprint density at radius 1 is 1.00 bits per heavy atom. The van der Waals surface area contributed by atoms with Gasteiger partial charge in [-0.2, -0.15) is 0 Å². The summed E-state index contributed by atoms with van der Waals surface area (Å²) in [4.78, 5) is 14.6. The summed E-state index contributed by atoms with van der Waals surface area (Å²) in [7, 11) is -3.67. The van der Waals surface area contributed by atoms with Gasteiger partial charge in [-0.05, 0) is 49.6 Å². The quantitative estimate of drug-likeness (QED) is 0.927. The molecule has 0 radical (unpaired) electrons. The van der Waals surface area contributed by atoms with Crippen molar-refractivity contribution in [1.29, 1.82) is 0 Å². The van der Waals surface area contributed by atoms with Gasteiger partial charge in [0.05, 0.1) is 10.6 Å². The zero-order valence-corrected chi connectivity index (χ0v) is 14.3. The first-order valence-electron chi connectivity index (χ1n) is 7.96. The number of carbonyl (C=O) groups is 1. The molecule has 0 spiro atoms. The SMILES string of the molecule is Cc1c(NS(=O)(=O)c2ccccc2)cccc1C(=O)N1CCCC1. The van der Waals surface area contributed by atoms with Gasteiger partial charge in [-0.3, -0.25) is 9.52 Å². The fourth-order valence-electron chi connectivity index (χ4n) is 2.87. The van der Waals surface area contributed by atoms with Crippen LogP contribution in [0.1, 0.15) is 28.8 Å². The summed E-state index contributed by atoms with van der Waals surface area (Å²) in [6.07, 6.45) is 2.04. The summed E-state index contributed by atoms with van der Waals surface area (Å²) >= 11 is 0. The maximum atomic E-state index is 12.6. The van der Waals surface area contributed by atoms with Gasteiger partial charge in [0.25, 0.3) is 15.9 Å². The molecule has 1 saturated heterocycles. The van der Waals surface area contributed by atoms with Crippen LogP contribution in [0, 0.1) is 6.92 Å². The maximum Gasteiger partial charge on any atom is 0.261 e. The number of anilines is 1. The minimum absolute atomic E-state index is 0.0363. The predicted molar refractivity (Wildman–Crippen MR) is 93.6 cm³/mol. The molecule has 1 N–H and O–H groups in total. The number of nitrogens with one attached hydrogen (secondary N) is 1. The fourth-order valence-corrected chi connectivity index (χ4v) is 4.02. The lowest BCUT2D eigenvalue weighted by atomic mass is 10.1. The number of sulfonamides is 1. The number of hydrogen-bond acceptors (Lipinski definition) is 3. The van der Waals surface area contributed by atoms with Crippen LogP contribution in [0.15, 0.2) is 53.4 Å². The highest BCUT2D eigenvalue weighted by Gasteiger charge is 2.23. The van der Waals surface area contributed by atoms with Crippen molar-refractivity contribution in [3.8, 4) is 0 Å². The Hall–Kier alpha value is -2.34. The van der Waals surface area contributed by atoms with Crippen LogP contribution in [0.2, 0.25) is 0 Å². The molecule has 0 aliphatic carbocycles. The van der Waals surface area contributed by atoms with Crippen LogP contribution in [0.25, 0.3) is 0 Å². The Morgan fingerprint density at radius 2 is 1.67 bits per heavy atom. The van der Waals surface area contributed by atoms with Gasteiger partial charge in [0.1, 0.15) is 0 Å². The van der Waals surface area contributed by atoms with Crippen LogP contribution in [0.3, 0.4) is 0 Å². The summed E-state index contributed by atoms with van der Waals surface area (Å²) in [5.41, 5.74) is 1.63. The van der Waals surface area contributed by atoms with Crippen LogP contribution >= 0.6 is 0 Å². The van der Waals surface area contributed by atoms with E-state index < -0.39 is 10.0 Å². The molecule has 24 heavy (non-hydrogen) atoms. The number of carbonyl (C=O) groups excluding carboxylic acids is 1. The second-order valence-corrected chi connectivity index (χ2v) is 7.58. The van der Waals surface area contributed by atoms with Crippen molar-refractivity contribution in [2.45, 2.75) is 24.7 Å². The normalized spacial score (nSPS) is 14.6. The van der Waals surface area contributed by atoms with Crippen molar-refractivity contribution in [3.63, 3.8) is 0 Å². The highest BCUT2D eigenvalue weighted by atomic mass is 32.2. The first-order chi connectivity index (χ1) is 11.5. The van der Waals surface area contributed by atoms with Gasteiger partial charge in [-0.1, -0.05) is 24.3 Å². The third-order valence-corrected chi connectivity index (χ3v) is 5.64. The third kappa shape index (κ3) is 3.28. The summed E-state index contributed by atoms with van der Waals surface area (Å²) in [5, 5.41) is 0. The van der Waals surface area contributed by atoms with E-state index in [1.807, 2.05) is 4.90 Å². The van der Waals surface area contributed by atoms with Crippen LogP contribution in [0.5, 0.6) is 0 Å². The van der Waals surface area contributed by atoms with Gasteiger partial charge in [-0.15, -0.1) is 0 Å². The third-order valence-electron chi connectivity index (χ3n) is 4.26. The van der Waals surface area contributed by atoms with Crippen molar-refractivity contribution < 1.29 is 13.2 Å². The van der Waals surface area contributed by atoms with Crippen LogP contribution in [0.4, 0.5) is 5.69 Å². The number of rotatable bonds is 4. The first-order valence-corrected chi connectivity index (χ1v) is 9.44. The van der Waals surface area contributed by atoms with E-state index in [1.165, 1.54) is 12.1 Å². The second-order valence-electron chi connectivity index (χ2n) is 5.90. The average molecular weight is 344 g/mol. The molecule has 1 aliphatic rings. The summed E-state index contributed by atoms with van der Waals surface area (Å²) < 4.78 is 27.6. The van der Waals surface area contributed by atoms with Crippen molar-refractivity contribution in [2.75, 3.05) is 17.8 Å². The molecule has 3 rings (SSSR count). The molecule has 0 unspecified atom stereocenters. The molecule has 0 bridgehead atoms.